The molecule has 0 radical (unpaired) electrons. The maximum absolute atomic E-state index is 13.2. The van der Waals surface area contributed by atoms with Gasteiger partial charge in [-0.1, -0.05) is 0 Å². The van der Waals surface area contributed by atoms with E-state index in [0.717, 1.165) is 27.8 Å². The molecule has 0 aliphatic heterocycles. The third kappa shape index (κ3) is 3.57. The number of aromatic nitrogens is 2. The molecule has 1 aromatic carbocycles. The van der Waals surface area contributed by atoms with Gasteiger partial charge in [-0.25, -0.2) is 13.1 Å². The standard InChI is InChI=1S/C20H25N3O3S/c1-13-14(2)16(4)20(17(5)15(13)3)27(24,25)22-12-18(19-8-6-11-26-19)23-10-7-9-21-23/h6-11,18,22H,12H2,1-5H3. The molecular weight excluding hydrogens is 362 g/mol. The third-order valence-electron chi connectivity index (χ3n) is 5.38. The molecule has 1 atom stereocenters. The first-order chi connectivity index (χ1) is 12.7. The fraction of sp³-hybridized carbons (Fsp3) is 0.350. The second-order valence-electron chi connectivity index (χ2n) is 6.82. The zero-order valence-electron chi connectivity index (χ0n) is 16.3. The van der Waals surface area contributed by atoms with Crippen molar-refractivity contribution in [3.8, 4) is 0 Å². The highest BCUT2D eigenvalue weighted by Gasteiger charge is 2.26. The van der Waals surface area contributed by atoms with Crippen molar-refractivity contribution in [2.24, 2.45) is 0 Å². The highest BCUT2D eigenvalue weighted by molar-refractivity contribution is 7.89. The molecule has 144 valence electrons. The van der Waals surface area contributed by atoms with Crippen molar-refractivity contribution in [1.82, 2.24) is 14.5 Å². The Morgan fingerprint density at radius 1 is 1.04 bits per heavy atom. The minimum Gasteiger partial charge on any atom is -0.467 e. The van der Waals surface area contributed by atoms with Gasteiger partial charge in [0.05, 0.1) is 11.2 Å². The van der Waals surface area contributed by atoms with Gasteiger partial charge in [-0.3, -0.25) is 4.68 Å². The third-order valence-corrected chi connectivity index (χ3v) is 7.08. The van der Waals surface area contributed by atoms with E-state index < -0.39 is 10.0 Å². The Labute approximate surface area is 160 Å². The van der Waals surface area contributed by atoms with E-state index >= 15 is 0 Å². The van der Waals surface area contributed by atoms with Gasteiger partial charge in [0.1, 0.15) is 11.8 Å². The second-order valence-corrected chi connectivity index (χ2v) is 8.53. The maximum atomic E-state index is 13.2. The summed E-state index contributed by atoms with van der Waals surface area (Å²) in [6.45, 7) is 9.82. The fourth-order valence-electron chi connectivity index (χ4n) is 3.40. The smallest absolute Gasteiger partial charge is 0.241 e. The van der Waals surface area contributed by atoms with Gasteiger partial charge in [0.2, 0.25) is 10.0 Å². The van der Waals surface area contributed by atoms with Crippen LogP contribution in [0.3, 0.4) is 0 Å². The van der Waals surface area contributed by atoms with E-state index in [2.05, 4.69) is 9.82 Å². The summed E-state index contributed by atoms with van der Waals surface area (Å²) in [7, 11) is -3.69. The number of furan rings is 1. The van der Waals surface area contributed by atoms with Crippen LogP contribution in [0.2, 0.25) is 0 Å². The Morgan fingerprint density at radius 2 is 1.67 bits per heavy atom. The van der Waals surface area contributed by atoms with Gasteiger partial charge < -0.3 is 4.42 Å². The van der Waals surface area contributed by atoms with Crippen LogP contribution in [0.4, 0.5) is 0 Å². The van der Waals surface area contributed by atoms with Crippen molar-refractivity contribution < 1.29 is 12.8 Å². The number of nitrogens with one attached hydrogen (secondary N) is 1. The number of hydrogen-bond donors (Lipinski definition) is 1. The van der Waals surface area contributed by atoms with Crippen molar-refractivity contribution in [2.45, 2.75) is 45.6 Å². The summed E-state index contributed by atoms with van der Waals surface area (Å²) < 4.78 is 36.3. The maximum Gasteiger partial charge on any atom is 0.241 e. The predicted octanol–water partition coefficient (Wildman–Crippen LogP) is 3.59. The Morgan fingerprint density at radius 3 is 2.19 bits per heavy atom. The van der Waals surface area contributed by atoms with E-state index in [1.165, 1.54) is 0 Å². The first-order valence-corrected chi connectivity index (χ1v) is 10.3. The summed E-state index contributed by atoms with van der Waals surface area (Å²) in [6.07, 6.45) is 5.02. The van der Waals surface area contributed by atoms with Gasteiger partial charge >= 0.3 is 0 Å². The molecule has 1 unspecified atom stereocenters. The Kier molecular flexibility index (Phi) is 5.26. The van der Waals surface area contributed by atoms with Crippen LogP contribution in [-0.2, 0) is 10.0 Å². The molecule has 0 bridgehead atoms. The van der Waals surface area contributed by atoms with Gasteiger partial charge in [0.25, 0.3) is 0 Å². The molecule has 0 saturated carbocycles. The molecule has 3 aromatic rings. The highest BCUT2D eigenvalue weighted by atomic mass is 32.2. The van der Waals surface area contributed by atoms with Crippen LogP contribution in [0, 0.1) is 34.6 Å². The van der Waals surface area contributed by atoms with E-state index in [4.69, 9.17) is 4.42 Å². The number of sulfonamides is 1. The molecule has 0 aliphatic rings. The molecule has 6 nitrogen and oxygen atoms in total. The number of hydrogen-bond acceptors (Lipinski definition) is 4. The van der Waals surface area contributed by atoms with Crippen LogP contribution in [0.1, 0.15) is 39.6 Å². The lowest BCUT2D eigenvalue weighted by Gasteiger charge is -2.21. The molecule has 0 amide bonds. The summed E-state index contributed by atoms with van der Waals surface area (Å²) in [5.74, 6) is 0.645. The number of nitrogens with zero attached hydrogens (tertiary/aromatic N) is 2. The molecule has 0 fully saturated rings. The quantitative estimate of drug-likeness (QED) is 0.701. The summed E-state index contributed by atoms with van der Waals surface area (Å²) in [5, 5.41) is 4.24. The molecule has 2 heterocycles. The van der Waals surface area contributed by atoms with E-state index in [1.807, 2.05) is 40.7 Å². The Balaban J connectivity index is 1.96. The van der Waals surface area contributed by atoms with E-state index in [9.17, 15) is 8.42 Å². The molecule has 2 aromatic heterocycles. The van der Waals surface area contributed by atoms with Crippen LogP contribution < -0.4 is 4.72 Å². The summed E-state index contributed by atoms with van der Waals surface area (Å²) in [5.41, 5.74) is 4.73. The van der Waals surface area contributed by atoms with E-state index in [0.29, 0.717) is 10.7 Å². The van der Waals surface area contributed by atoms with Gasteiger partial charge in [0.15, 0.2) is 0 Å². The lowest BCUT2D eigenvalue weighted by Crippen LogP contribution is -2.32. The molecule has 0 saturated heterocycles. The molecular formula is C20H25N3O3S. The number of benzene rings is 1. The molecule has 1 N–H and O–H groups in total. The Bertz CT molecular complexity index is 974. The minimum absolute atomic E-state index is 0.141. The van der Waals surface area contributed by atoms with E-state index in [1.54, 1.807) is 35.5 Å². The largest absolute Gasteiger partial charge is 0.467 e. The van der Waals surface area contributed by atoms with Crippen molar-refractivity contribution in [2.75, 3.05) is 6.54 Å². The van der Waals surface area contributed by atoms with Crippen LogP contribution in [-0.4, -0.2) is 24.7 Å². The van der Waals surface area contributed by atoms with Crippen LogP contribution in [0.25, 0.3) is 0 Å². The average molecular weight is 388 g/mol. The van der Waals surface area contributed by atoms with Crippen LogP contribution in [0.15, 0.2) is 46.2 Å². The SMILES string of the molecule is Cc1c(C)c(C)c(S(=O)(=O)NCC(c2ccco2)n2cccn2)c(C)c1C. The van der Waals surface area contributed by atoms with Crippen molar-refractivity contribution in [1.29, 1.82) is 0 Å². The monoisotopic (exact) mass is 387 g/mol. The van der Waals surface area contributed by atoms with Crippen LogP contribution in [0.5, 0.6) is 0 Å². The topological polar surface area (TPSA) is 77.1 Å². The lowest BCUT2D eigenvalue weighted by atomic mass is 9.95. The summed E-state index contributed by atoms with van der Waals surface area (Å²) in [6, 6.07) is 5.03. The molecule has 7 heteroatoms. The molecule has 3 rings (SSSR count). The van der Waals surface area contributed by atoms with Crippen molar-refractivity contribution in [3.05, 3.63) is 70.4 Å². The first-order valence-electron chi connectivity index (χ1n) is 8.83. The minimum atomic E-state index is -3.69. The summed E-state index contributed by atoms with van der Waals surface area (Å²) >= 11 is 0. The highest BCUT2D eigenvalue weighted by Crippen LogP contribution is 2.29. The summed E-state index contributed by atoms with van der Waals surface area (Å²) in [4.78, 5) is 0.363. The molecule has 0 spiro atoms. The molecule has 0 aliphatic carbocycles. The van der Waals surface area contributed by atoms with Gasteiger partial charge in [0, 0.05) is 18.9 Å². The first kappa shape index (κ1) is 19.4. The van der Waals surface area contributed by atoms with E-state index in [-0.39, 0.29) is 12.6 Å². The second kappa shape index (κ2) is 7.32. The zero-order chi connectivity index (χ0) is 19.8. The normalized spacial score (nSPS) is 13.1. The van der Waals surface area contributed by atoms with Crippen molar-refractivity contribution >= 4 is 10.0 Å². The van der Waals surface area contributed by atoms with Crippen LogP contribution >= 0.6 is 0 Å². The number of rotatable bonds is 6. The van der Waals surface area contributed by atoms with Gasteiger partial charge in [-0.05, 0) is 80.6 Å². The molecule has 27 heavy (non-hydrogen) atoms. The van der Waals surface area contributed by atoms with Gasteiger partial charge in [-0.2, -0.15) is 5.10 Å². The Hall–Kier alpha value is -2.38. The van der Waals surface area contributed by atoms with Gasteiger partial charge in [-0.15, -0.1) is 0 Å². The zero-order valence-corrected chi connectivity index (χ0v) is 17.1. The predicted molar refractivity (Wildman–Crippen MR) is 104 cm³/mol. The lowest BCUT2D eigenvalue weighted by molar-refractivity contribution is 0.402. The average Bonchev–Trinajstić information content (AvgIpc) is 3.32. The fourth-order valence-corrected chi connectivity index (χ4v) is 5.03. The van der Waals surface area contributed by atoms with Crippen molar-refractivity contribution in [3.63, 3.8) is 0 Å².